The number of fused-ring (bicyclic) bond motifs is 1. The van der Waals surface area contributed by atoms with E-state index in [1.807, 2.05) is 18.2 Å². The zero-order chi connectivity index (χ0) is 10.1. The molecular formula is C11H10N2O. The largest absolute Gasteiger partial charge is 0.303 e. The first kappa shape index (κ1) is 8.69. The van der Waals surface area contributed by atoms with Crippen LogP contribution in [0.2, 0.25) is 0 Å². The minimum Gasteiger partial charge on any atom is -0.303 e. The van der Waals surface area contributed by atoms with Gasteiger partial charge in [-0.15, -0.1) is 6.58 Å². The highest BCUT2D eigenvalue weighted by atomic mass is 16.2. The number of para-hydroxylation sites is 1. The fraction of sp³-hybridized carbons (Fsp3) is 0.0909. The molecule has 0 atom stereocenters. The third kappa shape index (κ3) is 1.06. The Morgan fingerprint density at radius 1 is 1.43 bits per heavy atom. The normalized spacial score (nSPS) is 14.4. The number of hydrogen-bond donors (Lipinski definition) is 1. The molecule has 1 aromatic carbocycles. The third-order valence-electron chi connectivity index (χ3n) is 2.23. The summed E-state index contributed by atoms with van der Waals surface area (Å²) in [6.07, 6.45) is 1.66. The molecule has 0 bridgehead atoms. The highest BCUT2D eigenvalue weighted by Crippen LogP contribution is 2.27. The van der Waals surface area contributed by atoms with Crippen molar-refractivity contribution in [3.05, 3.63) is 42.5 Å². The topological polar surface area (TPSA) is 44.2 Å². The lowest BCUT2D eigenvalue weighted by Crippen LogP contribution is -2.29. The summed E-state index contributed by atoms with van der Waals surface area (Å²) in [7, 11) is 0. The van der Waals surface area contributed by atoms with E-state index < -0.39 is 0 Å². The van der Waals surface area contributed by atoms with Gasteiger partial charge in [0.05, 0.1) is 5.69 Å². The van der Waals surface area contributed by atoms with E-state index in [2.05, 4.69) is 6.58 Å². The van der Waals surface area contributed by atoms with Crippen LogP contribution in [0.5, 0.6) is 0 Å². The number of carbonyl (C=O) groups excluding carboxylic acids is 1. The molecule has 70 valence electrons. The maximum absolute atomic E-state index is 11.6. The van der Waals surface area contributed by atoms with E-state index in [4.69, 9.17) is 5.41 Å². The lowest BCUT2D eigenvalue weighted by atomic mass is 10.1. The lowest BCUT2D eigenvalue weighted by molar-refractivity contribution is -0.112. The quantitative estimate of drug-likeness (QED) is 0.700. The number of carbonyl (C=O) groups is 1. The second-order valence-electron chi connectivity index (χ2n) is 3.10. The predicted molar refractivity (Wildman–Crippen MR) is 55.8 cm³/mol. The van der Waals surface area contributed by atoms with Crippen LogP contribution >= 0.6 is 0 Å². The number of amides is 1. The Morgan fingerprint density at radius 2 is 2.14 bits per heavy atom. The smallest absolute Gasteiger partial charge is 0.277 e. The fourth-order valence-corrected chi connectivity index (χ4v) is 1.59. The molecule has 3 heteroatoms. The fourth-order valence-electron chi connectivity index (χ4n) is 1.59. The molecule has 1 aliphatic heterocycles. The lowest BCUT2D eigenvalue weighted by Gasteiger charge is -2.13. The molecular weight excluding hydrogens is 176 g/mol. The van der Waals surface area contributed by atoms with Crippen molar-refractivity contribution < 1.29 is 4.79 Å². The van der Waals surface area contributed by atoms with Gasteiger partial charge >= 0.3 is 0 Å². The van der Waals surface area contributed by atoms with E-state index in [0.717, 1.165) is 5.69 Å². The predicted octanol–water partition coefficient (Wildman–Crippen LogP) is 1.59. The van der Waals surface area contributed by atoms with Crippen LogP contribution in [-0.4, -0.2) is 18.2 Å². The van der Waals surface area contributed by atoms with Crippen molar-refractivity contribution in [2.75, 3.05) is 11.4 Å². The number of benzene rings is 1. The number of nitrogens with one attached hydrogen (secondary N) is 1. The second kappa shape index (κ2) is 3.10. The van der Waals surface area contributed by atoms with Gasteiger partial charge in [0.1, 0.15) is 5.71 Å². The Bertz CT molecular complexity index is 423. The van der Waals surface area contributed by atoms with Crippen molar-refractivity contribution in [3.63, 3.8) is 0 Å². The first-order valence-electron chi connectivity index (χ1n) is 4.36. The summed E-state index contributed by atoms with van der Waals surface area (Å²) in [4.78, 5) is 13.2. The molecule has 1 aromatic rings. The highest BCUT2D eigenvalue weighted by Gasteiger charge is 2.31. The monoisotopic (exact) mass is 186 g/mol. The molecule has 0 spiro atoms. The van der Waals surface area contributed by atoms with E-state index in [0.29, 0.717) is 12.1 Å². The molecule has 1 heterocycles. The van der Waals surface area contributed by atoms with Crippen molar-refractivity contribution in [3.8, 4) is 0 Å². The number of rotatable bonds is 2. The Morgan fingerprint density at radius 3 is 2.86 bits per heavy atom. The van der Waals surface area contributed by atoms with Gasteiger partial charge in [0.2, 0.25) is 0 Å². The molecule has 0 radical (unpaired) electrons. The standard InChI is InChI=1S/C11H10N2O/c1-2-7-13-9-6-4-3-5-8(9)10(12)11(13)14/h2-6,12H,1,7H2. The Hall–Kier alpha value is -1.90. The van der Waals surface area contributed by atoms with Gasteiger partial charge < -0.3 is 4.90 Å². The maximum Gasteiger partial charge on any atom is 0.277 e. The summed E-state index contributed by atoms with van der Waals surface area (Å²) in [5.74, 6) is -0.244. The van der Waals surface area contributed by atoms with Gasteiger partial charge in [0.25, 0.3) is 5.91 Å². The van der Waals surface area contributed by atoms with E-state index >= 15 is 0 Å². The van der Waals surface area contributed by atoms with Crippen molar-refractivity contribution in [2.24, 2.45) is 0 Å². The molecule has 3 nitrogen and oxygen atoms in total. The highest BCUT2D eigenvalue weighted by molar-refractivity contribution is 6.53. The van der Waals surface area contributed by atoms with Crippen LogP contribution in [-0.2, 0) is 4.79 Å². The molecule has 0 aliphatic carbocycles. The molecule has 14 heavy (non-hydrogen) atoms. The first-order valence-corrected chi connectivity index (χ1v) is 4.36. The van der Waals surface area contributed by atoms with Crippen LogP contribution in [0.4, 0.5) is 5.69 Å². The minimum atomic E-state index is -0.244. The van der Waals surface area contributed by atoms with Gasteiger partial charge in [-0.25, -0.2) is 0 Å². The SMILES string of the molecule is C=CCN1C(=O)C(=N)c2ccccc21. The summed E-state index contributed by atoms with van der Waals surface area (Å²) < 4.78 is 0. The van der Waals surface area contributed by atoms with Gasteiger partial charge in [-0.3, -0.25) is 10.2 Å². The van der Waals surface area contributed by atoms with E-state index in [1.165, 1.54) is 0 Å². The molecule has 0 fully saturated rings. The van der Waals surface area contributed by atoms with Crippen LogP contribution in [0.15, 0.2) is 36.9 Å². The first-order chi connectivity index (χ1) is 6.75. The van der Waals surface area contributed by atoms with E-state index in [-0.39, 0.29) is 11.6 Å². The number of hydrogen-bond acceptors (Lipinski definition) is 2. The minimum absolute atomic E-state index is 0.0717. The third-order valence-corrected chi connectivity index (χ3v) is 2.23. The van der Waals surface area contributed by atoms with Crippen molar-refractivity contribution in [1.82, 2.24) is 0 Å². The summed E-state index contributed by atoms with van der Waals surface area (Å²) in [5, 5.41) is 7.62. The van der Waals surface area contributed by atoms with Gasteiger partial charge in [0.15, 0.2) is 0 Å². The Balaban J connectivity index is 2.52. The molecule has 0 unspecified atom stereocenters. The Labute approximate surface area is 82.2 Å². The molecule has 0 saturated heterocycles. The van der Waals surface area contributed by atoms with E-state index in [1.54, 1.807) is 17.0 Å². The number of anilines is 1. The zero-order valence-electron chi connectivity index (χ0n) is 7.66. The van der Waals surface area contributed by atoms with Crippen molar-refractivity contribution in [2.45, 2.75) is 0 Å². The average Bonchev–Trinajstić information content (AvgIpc) is 2.45. The van der Waals surface area contributed by atoms with Gasteiger partial charge in [-0.2, -0.15) is 0 Å². The molecule has 2 rings (SSSR count). The van der Waals surface area contributed by atoms with Crippen LogP contribution in [0.25, 0.3) is 0 Å². The Kier molecular flexibility index (Phi) is 1.93. The van der Waals surface area contributed by atoms with Crippen LogP contribution in [0, 0.1) is 5.41 Å². The average molecular weight is 186 g/mol. The molecule has 0 saturated carbocycles. The van der Waals surface area contributed by atoms with E-state index in [9.17, 15) is 4.79 Å². The summed E-state index contributed by atoms with van der Waals surface area (Å²) in [6, 6.07) is 7.33. The molecule has 1 aliphatic rings. The molecule has 1 N–H and O–H groups in total. The van der Waals surface area contributed by atoms with Gasteiger partial charge in [-0.1, -0.05) is 24.3 Å². The van der Waals surface area contributed by atoms with Crippen LogP contribution in [0.1, 0.15) is 5.56 Å². The number of nitrogens with zero attached hydrogens (tertiary/aromatic N) is 1. The van der Waals surface area contributed by atoms with Crippen molar-refractivity contribution >= 4 is 17.3 Å². The molecule has 1 amide bonds. The van der Waals surface area contributed by atoms with Gasteiger partial charge in [-0.05, 0) is 6.07 Å². The van der Waals surface area contributed by atoms with Crippen molar-refractivity contribution in [1.29, 1.82) is 5.41 Å². The zero-order valence-corrected chi connectivity index (χ0v) is 7.66. The second-order valence-corrected chi connectivity index (χ2v) is 3.10. The molecule has 0 aromatic heterocycles. The van der Waals surface area contributed by atoms with Crippen LogP contribution < -0.4 is 4.90 Å². The van der Waals surface area contributed by atoms with Crippen LogP contribution in [0.3, 0.4) is 0 Å². The maximum atomic E-state index is 11.6. The summed E-state index contributed by atoms with van der Waals surface area (Å²) in [5.41, 5.74) is 1.59. The van der Waals surface area contributed by atoms with Gasteiger partial charge in [0, 0.05) is 12.1 Å². The summed E-state index contributed by atoms with van der Waals surface area (Å²) >= 11 is 0. The summed E-state index contributed by atoms with van der Waals surface area (Å²) in [6.45, 7) is 4.05.